The number of ether oxygens (including phenoxy) is 2. The fourth-order valence-electron chi connectivity index (χ4n) is 3.38. The Balaban J connectivity index is 1.42. The number of carbonyl (C=O) groups is 1. The molecule has 0 bridgehead atoms. The summed E-state index contributed by atoms with van der Waals surface area (Å²) in [7, 11) is 0. The van der Waals surface area contributed by atoms with Gasteiger partial charge in [0.25, 0.3) is 0 Å². The third-order valence-electron chi connectivity index (χ3n) is 4.68. The van der Waals surface area contributed by atoms with Crippen LogP contribution in [0.5, 0.6) is 11.5 Å². The second kappa shape index (κ2) is 6.15. The molecule has 2 aromatic carbocycles. The van der Waals surface area contributed by atoms with Crippen molar-refractivity contribution in [3.05, 3.63) is 59.4 Å². The molecule has 5 heteroatoms. The van der Waals surface area contributed by atoms with Gasteiger partial charge in [0.2, 0.25) is 12.7 Å². The molecule has 1 amide bonds. The molecule has 0 aromatic heterocycles. The second-order valence-corrected chi connectivity index (χ2v) is 6.21. The van der Waals surface area contributed by atoms with E-state index in [9.17, 15) is 9.18 Å². The van der Waals surface area contributed by atoms with Crippen molar-refractivity contribution in [1.82, 2.24) is 4.90 Å². The summed E-state index contributed by atoms with van der Waals surface area (Å²) in [5.41, 5.74) is 1.61. The van der Waals surface area contributed by atoms with Crippen molar-refractivity contribution in [1.29, 1.82) is 0 Å². The summed E-state index contributed by atoms with van der Waals surface area (Å²) in [5.74, 6) is 1.35. The third kappa shape index (κ3) is 2.82. The number of fused-ring (bicyclic) bond motifs is 1. The number of likely N-dealkylation sites (tertiary alicyclic amines) is 1. The molecule has 0 spiro atoms. The van der Waals surface area contributed by atoms with Crippen LogP contribution in [0.4, 0.5) is 4.39 Å². The molecule has 124 valence electrons. The number of amides is 1. The zero-order chi connectivity index (χ0) is 16.5. The van der Waals surface area contributed by atoms with Crippen LogP contribution in [0.15, 0.2) is 42.5 Å². The predicted molar refractivity (Wildman–Crippen MR) is 86.6 cm³/mol. The lowest BCUT2D eigenvalue weighted by atomic mass is 9.98. The molecule has 2 heterocycles. The smallest absolute Gasteiger partial charge is 0.231 e. The van der Waals surface area contributed by atoms with Gasteiger partial charge < -0.3 is 14.4 Å². The minimum Gasteiger partial charge on any atom is -0.454 e. The van der Waals surface area contributed by atoms with Crippen molar-refractivity contribution in [3.63, 3.8) is 0 Å². The molecule has 4 rings (SSSR count). The summed E-state index contributed by atoms with van der Waals surface area (Å²) in [6, 6.07) is 12.4. The molecule has 24 heavy (non-hydrogen) atoms. The number of carbonyl (C=O) groups excluding carboxylic acids is 1. The van der Waals surface area contributed by atoms with Crippen LogP contribution in [0.25, 0.3) is 0 Å². The van der Waals surface area contributed by atoms with Crippen LogP contribution in [0.2, 0.25) is 0 Å². The number of hydrogen-bond acceptors (Lipinski definition) is 3. The fraction of sp³-hybridized carbons (Fsp3) is 0.316. The Morgan fingerprint density at radius 2 is 2.00 bits per heavy atom. The molecule has 1 atom stereocenters. The van der Waals surface area contributed by atoms with Gasteiger partial charge in [-0.3, -0.25) is 4.79 Å². The van der Waals surface area contributed by atoms with E-state index in [1.54, 1.807) is 6.07 Å². The number of rotatable bonds is 3. The summed E-state index contributed by atoms with van der Waals surface area (Å²) in [6.45, 7) is 1.47. The standard InChI is InChI=1S/C19H18FNO3/c20-16-4-2-1-3-15(16)14-7-8-21(11-14)19(22)10-13-5-6-17-18(9-13)24-12-23-17/h1-6,9,14H,7-8,10-12H2/t14-/m1/s1. The Labute approximate surface area is 139 Å². The Hall–Kier alpha value is -2.56. The zero-order valence-electron chi connectivity index (χ0n) is 13.2. The molecule has 0 unspecified atom stereocenters. The van der Waals surface area contributed by atoms with E-state index in [4.69, 9.17) is 9.47 Å². The zero-order valence-corrected chi connectivity index (χ0v) is 13.2. The van der Waals surface area contributed by atoms with Crippen molar-refractivity contribution < 1.29 is 18.7 Å². The number of benzene rings is 2. The van der Waals surface area contributed by atoms with Gasteiger partial charge in [0.1, 0.15) is 5.82 Å². The van der Waals surface area contributed by atoms with E-state index in [2.05, 4.69) is 0 Å². The largest absolute Gasteiger partial charge is 0.454 e. The van der Waals surface area contributed by atoms with Crippen molar-refractivity contribution in [2.24, 2.45) is 0 Å². The van der Waals surface area contributed by atoms with Crippen LogP contribution in [-0.4, -0.2) is 30.7 Å². The maximum atomic E-state index is 13.9. The SMILES string of the molecule is O=C(Cc1ccc2c(c1)OCO2)N1CC[C@@H](c2ccccc2F)C1. The fourth-order valence-corrected chi connectivity index (χ4v) is 3.38. The van der Waals surface area contributed by atoms with Crippen molar-refractivity contribution in [2.45, 2.75) is 18.8 Å². The van der Waals surface area contributed by atoms with E-state index in [-0.39, 0.29) is 24.4 Å². The van der Waals surface area contributed by atoms with Crippen LogP contribution < -0.4 is 9.47 Å². The van der Waals surface area contributed by atoms with Gasteiger partial charge in [-0.2, -0.15) is 0 Å². The molecule has 2 aliphatic rings. The minimum atomic E-state index is -0.187. The van der Waals surface area contributed by atoms with Crippen molar-refractivity contribution >= 4 is 5.91 Å². The van der Waals surface area contributed by atoms with E-state index < -0.39 is 0 Å². The van der Waals surface area contributed by atoms with E-state index in [1.807, 2.05) is 35.2 Å². The maximum absolute atomic E-state index is 13.9. The average Bonchev–Trinajstić information content (AvgIpc) is 3.24. The quantitative estimate of drug-likeness (QED) is 0.869. The van der Waals surface area contributed by atoms with Gasteiger partial charge in [-0.05, 0) is 35.7 Å². The van der Waals surface area contributed by atoms with Gasteiger partial charge in [0.15, 0.2) is 11.5 Å². The Kier molecular flexibility index (Phi) is 3.84. The van der Waals surface area contributed by atoms with E-state index >= 15 is 0 Å². The maximum Gasteiger partial charge on any atom is 0.231 e. The normalized spacial score (nSPS) is 18.9. The molecular weight excluding hydrogens is 309 g/mol. The van der Waals surface area contributed by atoms with Gasteiger partial charge in [-0.15, -0.1) is 0 Å². The van der Waals surface area contributed by atoms with Crippen LogP contribution in [-0.2, 0) is 11.2 Å². The minimum absolute atomic E-state index is 0.0627. The van der Waals surface area contributed by atoms with E-state index in [1.165, 1.54) is 6.07 Å². The first-order valence-corrected chi connectivity index (χ1v) is 8.11. The summed E-state index contributed by atoms with van der Waals surface area (Å²) in [5, 5.41) is 0. The lowest BCUT2D eigenvalue weighted by Gasteiger charge is -2.17. The number of hydrogen-bond donors (Lipinski definition) is 0. The molecule has 2 aromatic rings. The predicted octanol–water partition coefficient (Wildman–Crippen LogP) is 3.11. The first-order valence-electron chi connectivity index (χ1n) is 8.11. The Morgan fingerprint density at radius 3 is 2.88 bits per heavy atom. The number of nitrogens with zero attached hydrogens (tertiary/aromatic N) is 1. The van der Waals surface area contributed by atoms with Crippen LogP contribution in [0.1, 0.15) is 23.5 Å². The molecule has 2 aliphatic heterocycles. The second-order valence-electron chi connectivity index (χ2n) is 6.21. The van der Waals surface area contributed by atoms with Gasteiger partial charge in [-0.1, -0.05) is 24.3 Å². The van der Waals surface area contributed by atoms with Gasteiger partial charge in [-0.25, -0.2) is 4.39 Å². The summed E-state index contributed by atoms with van der Waals surface area (Å²) < 4.78 is 24.5. The molecule has 1 saturated heterocycles. The third-order valence-corrected chi connectivity index (χ3v) is 4.68. The molecule has 4 nitrogen and oxygen atoms in total. The Bertz CT molecular complexity index is 777. The highest BCUT2D eigenvalue weighted by Gasteiger charge is 2.29. The highest BCUT2D eigenvalue weighted by Crippen LogP contribution is 2.33. The Morgan fingerprint density at radius 1 is 1.17 bits per heavy atom. The van der Waals surface area contributed by atoms with Gasteiger partial charge in [0.05, 0.1) is 6.42 Å². The molecule has 0 N–H and O–H groups in total. The van der Waals surface area contributed by atoms with Crippen LogP contribution in [0.3, 0.4) is 0 Å². The van der Waals surface area contributed by atoms with Crippen molar-refractivity contribution in [2.75, 3.05) is 19.9 Å². The molecular formula is C19H18FNO3. The average molecular weight is 327 g/mol. The lowest BCUT2D eigenvalue weighted by Crippen LogP contribution is -2.29. The summed E-state index contributed by atoms with van der Waals surface area (Å²) in [4.78, 5) is 14.4. The first kappa shape index (κ1) is 15.0. The lowest BCUT2D eigenvalue weighted by molar-refractivity contribution is -0.129. The van der Waals surface area contributed by atoms with E-state index in [0.29, 0.717) is 36.6 Å². The highest BCUT2D eigenvalue weighted by molar-refractivity contribution is 5.79. The van der Waals surface area contributed by atoms with Crippen LogP contribution in [0, 0.1) is 5.82 Å². The van der Waals surface area contributed by atoms with Gasteiger partial charge in [0, 0.05) is 19.0 Å². The van der Waals surface area contributed by atoms with Crippen molar-refractivity contribution in [3.8, 4) is 11.5 Å². The molecule has 0 aliphatic carbocycles. The molecule has 1 fully saturated rings. The molecule has 0 radical (unpaired) electrons. The van der Waals surface area contributed by atoms with E-state index in [0.717, 1.165) is 12.0 Å². The molecule has 0 saturated carbocycles. The summed E-state index contributed by atoms with van der Waals surface area (Å²) in [6.07, 6.45) is 1.12. The monoisotopic (exact) mass is 327 g/mol. The number of halogens is 1. The first-order chi connectivity index (χ1) is 11.7. The topological polar surface area (TPSA) is 38.8 Å². The highest BCUT2D eigenvalue weighted by atomic mass is 19.1. The summed E-state index contributed by atoms with van der Waals surface area (Å²) >= 11 is 0. The van der Waals surface area contributed by atoms with Gasteiger partial charge >= 0.3 is 0 Å². The van der Waals surface area contributed by atoms with Crippen LogP contribution >= 0.6 is 0 Å².